The van der Waals surface area contributed by atoms with Gasteiger partial charge in [-0.15, -0.1) is 0 Å². The van der Waals surface area contributed by atoms with Crippen molar-refractivity contribution in [1.82, 2.24) is 5.32 Å². The molecule has 38 heavy (non-hydrogen) atoms. The predicted octanol–water partition coefficient (Wildman–Crippen LogP) is 6.48. The Balaban J connectivity index is 1.89. The molecule has 200 valence electrons. The van der Waals surface area contributed by atoms with E-state index < -0.39 is 0 Å². The molecule has 0 saturated heterocycles. The molecule has 0 aliphatic rings. The summed E-state index contributed by atoms with van der Waals surface area (Å²) in [6, 6.07) is 23.4. The van der Waals surface area contributed by atoms with Crippen molar-refractivity contribution in [3.63, 3.8) is 0 Å². The molecule has 3 aromatic rings. The second kappa shape index (κ2) is 15.0. The van der Waals surface area contributed by atoms with Crippen molar-refractivity contribution in [1.29, 1.82) is 0 Å². The van der Waals surface area contributed by atoms with Gasteiger partial charge in [-0.25, -0.2) is 0 Å². The SMILES string of the molecule is CCNC(C/C(=C/c1ccccc1)C(=NC)SCC(=O)c1ccc(OC)cc1)c1ccc(OC)c(OC)c1. The number of Topliss-reactive ketones (excluding diaryl/α,β-unsaturated/α-hetero) is 1. The first-order chi connectivity index (χ1) is 18.5. The quantitative estimate of drug-likeness (QED) is 0.154. The molecule has 0 aliphatic carbocycles. The zero-order valence-electron chi connectivity index (χ0n) is 22.7. The molecule has 3 aromatic carbocycles. The van der Waals surface area contributed by atoms with Crippen LogP contribution in [0.3, 0.4) is 0 Å². The molecule has 3 rings (SSSR count). The number of thioether (sulfide) groups is 1. The Bertz CT molecular complexity index is 1240. The van der Waals surface area contributed by atoms with Gasteiger partial charge in [-0.1, -0.05) is 55.1 Å². The summed E-state index contributed by atoms with van der Waals surface area (Å²) in [6.45, 7) is 2.88. The van der Waals surface area contributed by atoms with Crippen LogP contribution in [0.25, 0.3) is 6.08 Å². The number of methoxy groups -OCH3 is 3. The number of carbonyl (C=O) groups excluding carboxylic acids is 1. The van der Waals surface area contributed by atoms with Gasteiger partial charge in [0.2, 0.25) is 0 Å². The summed E-state index contributed by atoms with van der Waals surface area (Å²) in [7, 11) is 6.66. The molecular formula is C31H36N2O4S. The largest absolute Gasteiger partial charge is 0.497 e. The second-order valence-corrected chi connectivity index (χ2v) is 9.44. The lowest BCUT2D eigenvalue weighted by molar-refractivity contribution is 0.102. The average Bonchev–Trinajstić information content (AvgIpc) is 2.97. The Labute approximate surface area is 230 Å². The normalized spacial score (nSPS) is 12.7. The summed E-state index contributed by atoms with van der Waals surface area (Å²) in [5.41, 5.74) is 3.86. The molecule has 0 radical (unpaired) electrons. The van der Waals surface area contributed by atoms with Crippen LogP contribution >= 0.6 is 11.8 Å². The summed E-state index contributed by atoms with van der Waals surface area (Å²) in [6.07, 6.45) is 2.83. The van der Waals surface area contributed by atoms with E-state index in [4.69, 9.17) is 14.2 Å². The molecular weight excluding hydrogens is 496 g/mol. The number of benzene rings is 3. The zero-order chi connectivity index (χ0) is 27.3. The number of carbonyl (C=O) groups is 1. The van der Waals surface area contributed by atoms with Crippen LogP contribution in [-0.4, -0.2) is 51.5 Å². The number of rotatable bonds is 13. The van der Waals surface area contributed by atoms with Gasteiger partial charge < -0.3 is 19.5 Å². The van der Waals surface area contributed by atoms with E-state index in [2.05, 4.69) is 41.5 Å². The molecule has 7 heteroatoms. The van der Waals surface area contributed by atoms with Gasteiger partial charge in [-0.2, -0.15) is 0 Å². The zero-order valence-corrected chi connectivity index (χ0v) is 23.5. The minimum atomic E-state index is 0.00408. The molecule has 1 unspecified atom stereocenters. The topological polar surface area (TPSA) is 69.2 Å². The maximum Gasteiger partial charge on any atom is 0.173 e. The van der Waals surface area contributed by atoms with Crippen LogP contribution in [0, 0.1) is 0 Å². The van der Waals surface area contributed by atoms with Gasteiger partial charge in [-0.3, -0.25) is 9.79 Å². The number of hydrogen-bond acceptors (Lipinski definition) is 7. The molecule has 0 heterocycles. The van der Waals surface area contributed by atoms with Crippen molar-refractivity contribution in [2.45, 2.75) is 19.4 Å². The number of aliphatic imine (C=N–C) groups is 1. The van der Waals surface area contributed by atoms with Crippen molar-refractivity contribution in [2.24, 2.45) is 4.99 Å². The Morgan fingerprint density at radius 3 is 2.26 bits per heavy atom. The van der Waals surface area contributed by atoms with E-state index in [1.165, 1.54) is 11.8 Å². The number of nitrogens with zero attached hydrogens (tertiary/aromatic N) is 1. The number of hydrogen-bond donors (Lipinski definition) is 1. The monoisotopic (exact) mass is 532 g/mol. The van der Waals surface area contributed by atoms with Crippen LogP contribution in [0.1, 0.15) is 40.9 Å². The minimum absolute atomic E-state index is 0.00408. The average molecular weight is 533 g/mol. The van der Waals surface area contributed by atoms with Crippen LogP contribution in [-0.2, 0) is 0 Å². The fourth-order valence-corrected chi connectivity index (χ4v) is 4.99. The summed E-state index contributed by atoms with van der Waals surface area (Å²) in [5, 5.41) is 4.44. The van der Waals surface area contributed by atoms with Gasteiger partial charge in [0.1, 0.15) is 5.75 Å². The highest BCUT2D eigenvalue weighted by Gasteiger charge is 2.20. The van der Waals surface area contributed by atoms with Crippen LogP contribution in [0.4, 0.5) is 0 Å². The first kappa shape index (κ1) is 29.0. The fourth-order valence-electron chi connectivity index (χ4n) is 4.10. The van der Waals surface area contributed by atoms with Gasteiger partial charge in [0.05, 0.1) is 32.1 Å². The number of ketones is 1. The Morgan fingerprint density at radius 1 is 0.947 bits per heavy atom. The maximum absolute atomic E-state index is 12.9. The minimum Gasteiger partial charge on any atom is -0.497 e. The maximum atomic E-state index is 12.9. The van der Waals surface area contributed by atoms with E-state index in [1.807, 2.05) is 30.3 Å². The van der Waals surface area contributed by atoms with E-state index in [0.717, 1.165) is 34.0 Å². The molecule has 6 nitrogen and oxygen atoms in total. The summed E-state index contributed by atoms with van der Waals surface area (Å²) in [5.74, 6) is 2.43. The van der Waals surface area contributed by atoms with Gasteiger partial charge in [0, 0.05) is 18.7 Å². The second-order valence-electron chi connectivity index (χ2n) is 8.48. The van der Waals surface area contributed by atoms with Crippen molar-refractivity contribution in [2.75, 3.05) is 40.7 Å². The molecule has 0 aliphatic heterocycles. The summed E-state index contributed by atoms with van der Waals surface area (Å²) in [4.78, 5) is 17.6. The summed E-state index contributed by atoms with van der Waals surface area (Å²) >= 11 is 1.46. The van der Waals surface area contributed by atoms with Crippen LogP contribution in [0.15, 0.2) is 83.4 Å². The van der Waals surface area contributed by atoms with E-state index in [-0.39, 0.29) is 17.6 Å². The molecule has 0 fully saturated rings. The molecule has 1 atom stereocenters. The Kier molecular flexibility index (Phi) is 11.5. The third-order valence-electron chi connectivity index (χ3n) is 6.05. The third kappa shape index (κ3) is 7.97. The van der Waals surface area contributed by atoms with Crippen molar-refractivity contribution < 1.29 is 19.0 Å². The van der Waals surface area contributed by atoms with Crippen LogP contribution in [0.2, 0.25) is 0 Å². The smallest absolute Gasteiger partial charge is 0.173 e. The van der Waals surface area contributed by atoms with Gasteiger partial charge in [0.15, 0.2) is 17.3 Å². The Hall–Kier alpha value is -3.55. The Morgan fingerprint density at radius 2 is 1.66 bits per heavy atom. The molecule has 1 N–H and O–H groups in total. The highest BCUT2D eigenvalue weighted by Crippen LogP contribution is 2.33. The standard InChI is InChI=1S/C31H36N2O4S/c1-6-33-27(24-14-17-29(36-4)30(20-24)37-5)19-25(18-22-10-8-7-9-11-22)31(32-2)38-21-28(34)23-12-15-26(35-3)16-13-23/h7-18,20,27,33H,6,19,21H2,1-5H3/b25-18-,32-31?. The molecule has 0 bridgehead atoms. The molecule has 0 saturated carbocycles. The van der Waals surface area contributed by atoms with Gasteiger partial charge in [0.25, 0.3) is 0 Å². The first-order valence-electron chi connectivity index (χ1n) is 12.5. The van der Waals surface area contributed by atoms with E-state index >= 15 is 0 Å². The molecule has 0 aromatic heterocycles. The van der Waals surface area contributed by atoms with Gasteiger partial charge in [-0.05, 0) is 72.1 Å². The highest BCUT2D eigenvalue weighted by molar-refractivity contribution is 8.15. The lowest BCUT2D eigenvalue weighted by Gasteiger charge is -2.22. The number of nitrogens with one attached hydrogen (secondary N) is 1. The van der Waals surface area contributed by atoms with E-state index in [0.29, 0.717) is 23.5 Å². The third-order valence-corrected chi connectivity index (χ3v) is 7.18. The van der Waals surface area contributed by atoms with Gasteiger partial charge >= 0.3 is 0 Å². The predicted molar refractivity (Wildman–Crippen MR) is 158 cm³/mol. The van der Waals surface area contributed by atoms with Crippen LogP contribution < -0.4 is 19.5 Å². The van der Waals surface area contributed by atoms with Crippen molar-refractivity contribution >= 4 is 28.7 Å². The first-order valence-corrected chi connectivity index (χ1v) is 13.5. The van der Waals surface area contributed by atoms with E-state index in [1.54, 1.807) is 52.6 Å². The number of ether oxygens (including phenoxy) is 3. The van der Waals surface area contributed by atoms with Crippen molar-refractivity contribution in [3.05, 3.63) is 95.1 Å². The van der Waals surface area contributed by atoms with Crippen molar-refractivity contribution in [3.8, 4) is 17.2 Å². The molecule has 0 amide bonds. The lowest BCUT2D eigenvalue weighted by atomic mass is 9.97. The fraction of sp³-hybridized carbons (Fsp3) is 0.290. The van der Waals surface area contributed by atoms with E-state index in [9.17, 15) is 4.79 Å². The lowest BCUT2D eigenvalue weighted by Crippen LogP contribution is -2.23. The molecule has 0 spiro atoms. The summed E-state index contributed by atoms with van der Waals surface area (Å²) < 4.78 is 16.2. The van der Waals surface area contributed by atoms with Crippen LogP contribution in [0.5, 0.6) is 17.2 Å². The highest BCUT2D eigenvalue weighted by atomic mass is 32.2.